The Balaban J connectivity index is 1.39. The summed E-state index contributed by atoms with van der Waals surface area (Å²) in [6.07, 6.45) is 3.69. The summed E-state index contributed by atoms with van der Waals surface area (Å²) in [4.78, 5) is 32.4. The molecule has 0 unspecified atom stereocenters. The molecule has 1 spiro atoms. The standard InChI is InChI=1S/C26H30Cl2N4O4S/c27-20-9-10-22(28)23(17-20)37(35,36)31-15-11-26(12-16-31)25(34)30(18-24(33)29-13-5-2-6-14-29)19-32(26)21-7-3-1-4-8-21/h1,3-4,7-10,17H,2,5-6,11-16,18-19H2. The van der Waals surface area contributed by atoms with Crippen LogP contribution in [0.3, 0.4) is 0 Å². The largest absolute Gasteiger partial charge is 0.341 e. The summed E-state index contributed by atoms with van der Waals surface area (Å²) >= 11 is 12.3. The molecule has 0 N–H and O–H groups in total. The smallest absolute Gasteiger partial charge is 0.250 e. The van der Waals surface area contributed by atoms with Gasteiger partial charge in [-0.2, -0.15) is 4.31 Å². The van der Waals surface area contributed by atoms with Gasteiger partial charge in [-0.15, -0.1) is 0 Å². The Bertz CT molecular complexity index is 1280. The van der Waals surface area contributed by atoms with Crippen LogP contribution >= 0.6 is 23.2 Å². The molecule has 2 amide bonds. The van der Waals surface area contributed by atoms with Gasteiger partial charge < -0.3 is 14.7 Å². The number of amides is 2. The zero-order valence-corrected chi connectivity index (χ0v) is 22.8. The second-order valence-electron chi connectivity index (χ2n) is 9.86. The molecule has 3 saturated heterocycles. The van der Waals surface area contributed by atoms with Crippen LogP contribution in [0.4, 0.5) is 5.69 Å². The number of para-hydroxylation sites is 1. The maximum Gasteiger partial charge on any atom is 0.250 e. The monoisotopic (exact) mass is 564 g/mol. The van der Waals surface area contributed by atoms with Crippen LogP contribution in [0.25, 0.3) is 0 Å². The summed E-state index contributed by atoms with van der Waals surface area (Å²) in [7, 11) is -3.90. The Morgan fingerprint density at radius 2 is 1.59 bits per heavy atom. The number of carbonyl (C=O) groups excluding carboxylic acids is 2. The Hall–Kier alpha value is -2.33. The number of carbonyl (C=O) groups is 2. The quantitative estimate of drug-likeness (QED) is 0.551. The second kappa shape index (κ2) is 10.4. The maximum absolute atomic E-state index is 13.9. The lowest BCUT2D eigenvalue weighted by molar-refractivity contribution is -0.141. The van der Waals surface area contributed by atoms with Crippen LogP contribution < -0.4 is 4.90 Å². The summed E-state index contributed by atoms with van der Waals surface area (Å²) < 4.78 is 28.2. The molecule has 2 aromatic rings. The molecule has 0 aliphatic carbocycles. The molecule has 0 radical (unpaired) electrons. The number of hydrogen-bond acceptors (Lipinski definition) is 5. The van der Waals surface area contributed by atoms with Crippen LogP contribution in [-0.4, -0.2) is 79.3 Å². The van der Waals surface area contributed by atoms with E-state index in [0.29, 0.717) is 12.8 Å². The second-order valence-corrected chi connectivity index (χ2v) is 12.6. The normalized spacial score (nSPS) is 20.6. The van der Waals surface area contributed by atoms with Gasteiger partial charge in [0.1, 0.15) is 17.0 Å². The highest BCUT2D eigenvalue weighted by molar-refractivity contribution is 7.89. The fourth-order valence-corrected chi connectivity index (χ4v) is 7.82. The first-order valence-corrected chi connectivity index (χ1v) is 14.8. The summed E-state index contributed by atoms with van der Waals surface area (Å²) in [6, 6.07) is 14.0. The zero-order chi connectivity index (χ0) is 26.2. The van der Waals surface area contributed by atoms with E-state index in [2.05, 4.69) is 0 Å². The van der Waals surface area contributed by atoms with E-state index in [9.17, 15) is 18.0 Å². The fourth-order valence-electron chi connectivity index (χ4n) is 5.64. The average molecular weight is 566 g/mol. The van der Waals surface area contributed by atoms with Crippen molar-refractivity contribution in [2.24, 2.45) is 0 Å². The number of likely N-dealkylation sites (tertiary alicyclic amines) is 1. The van der Waals surface area contributed by atoms with E-state index < -0.39 is 15.6 Å². The third kappa shape index (κ3) is 4.94. The number of halogens is 2. The van der Waals surface area contributed by atoms with Gasteiger partial charge in [0, 0.05) is 36.9 Å². The van der Waals surface area contributed by atoms with Crippen molar-refractivity contribution in [2.45, 2.75) is 42.5 Å². The van der Waals surface area contributed by atoms with E-state index in [1.54, 1.807) is 11.0 Å². The number of piperidine rings is 2. The Morgan fingerprint density at radius 1 is 0.919 bits per heavy atom. The van der Waals surface area contributed by atoms with Gasteiger partial charge >= 0.3 is 0 Å². The Kier molecular flexibility index (Phi) is 7.42. The SMILES string of the molecule is O=C(CN1CN(c2ccccc2)C2(CCN(S(=O)(=O)c3cc(Cl)ccc3Cl)CC2)C1=O)N1CCCCC1. The van der Waals surface area contributed by atoms with E-state index in [1.165, 1.54) is 16.4 Å². The van der Waals surface area contributed by atoms with Crippen LogP contribution in [0.15, 0.2) is 53.4 Å². The molecular formula is C26H30Cl2N4O4S. The highest BCUT2D eigenvalue weighted by atomic mass is 35.5. The van der Waals surface area contributed by atoms with Crippen molar-refractivity contribution in [2.75, 3.05) is 44.3 Å². The minimum Gasteiger partial charge on any atom is -0.341 e. The van der Waals surface area contributed by atoms with Crippen LogP contribution in [0, 0.1) is 0 Å². The Labute approximate surface area is 227 Å². The van der Waals surface area contributed by atoms with Gasteiger partial charge in [-0.1, -0.05) is 41.4 Å². The lowest BCUT2D eigenvalue weighted by Crippen LogP contribution is -2.57. The minimum atomic E-state index is -3.90. The van der Waals surface area contributed by atoms with E-state index in [-0.39, 0.29) is 53.1 Å². The highest BCUT2D eigenvalue weighted by Gasteiger charge is 2.55. The molecule has 0 saturated carbocycles. The van der Waals surface area contributed by atoms with E-state index in [1.807, 2.05) is 40.1 Å². The van der Waals surface area contributed by atoms with Crippen molar-refractivity contribution >= 4 is 50.7 Å². The van der Waals surface area contributed by atoms with Crippen LogP contribution in [0.1, 0.15) is 32.1 Å². The third-order valence-corrected chi connectivity index (χ3v) is 10.3. The predicted octanol–water partition coefficient (Wildman–Crippen LogP) is 3.84. The summed E-state index contributed by atoms with van der Waals surface area (Å²) in [6.45, 7) is 2.07. The maximum atomic E-state index is 13.9. The number of benzene rings is 2. The van der Waals surface area contributed by atoms with Crippen molar-refractivity contribution in [3.63, 3.8) is 0 Å². The molecule has 0 atom stereocenters. The molecule has 3 aliphatic heterocycles. The van der Waals surface area contributed by atoms with Crippen LogP contribution in [0.2, 0.25) is 10.0 Å². The predicted molar refractivity (Wildman–Crippen MR) is 143 cm³/mol. The van der Waals surface area contributed by atoms with Crippen molar-refractivity contribution in [1.82, 2.24) is 14.1 Å². The summed E-state index contributed by atoms with van der Waals surface area (Å²) in [5, 5.41) is 0.390. The van der Waals surface area contributed by atoms with Gasteiger partial charge in [-0.25, -0.2) is 8.42 Å². The molecule has 0 aromatic heterocycles. The summed E-state index contributed by atoms with van der Waals surface area (Å²) in [5.41, 5.74) is -0.0498. The van der Waals surface area contributed by atoms with Crippen molar-refractivity contribution in [3.8, 4) is 0 Å². The molecule has 11 heteroatoms. The molecule has 3 heterocycles. The minimum absolute atomic E-state index is 0.0318. The lowest BCUT2D eigenvalue weighted by Gasteiger charge is -2.42. The summed E-state index contributed by atoms with van der Waals surface area (Å²) in [5.74, 6) is -0.159. The highest BCUT2D eigenvalue weighted by Crippen LogP contribution is 2.41. The van der Waals surface area contributed by atoms with Crippen LogP contribution in [0.5, 0.6) is 0 Å². The van der Waals surface area contributed by atoms with E-state index in [0.717, 1.165) is 38.0 Å². The van der Waals surface area contributed by atoms with E-state index in [4.69, 9.17) is 23.2 Å². The molecular weight excluding hydrogens is 535 g/mol. The fraction of sp³-hybridized carbons (Fsp3) is 0.462. The number of hydrogen-bond donors (Lipinski definition) is 0. The van der Waals surface area contributed by atoms with Gasteiger partial charge in [0.2, 0.25) is 21.8 Å². The molecule has 3 aliphatic rings. The molecule has 2 aromatic carbocycles. The number of rotatable bonds is 5. The number of anilines is 1. The van der Waals surface area contributed by atoms with Gasteiger partial charge in [0.15, 0.2) is 0 Å². The molecule has 0 bridgehead atoms. The molecule has 37 heavy (non-hydrogen) atoms. The molecule has 198 valence electrons. The zero-order valence-electron chi connectivity index (χ0n) is 20.5. The lowest BCUT2D eigenvalue weighted by atomic mass is 9.86. The molecule has 3 fully saturated rings. The van der Waals surface area contributed by atoms with E-state index >= 15 is 0 Å². The first kappa shape index (κ1) is 26.3. The van der Waals surface area contributed by atoms with Gasteiger partial charge in [-0.3, -0.25) is 9.59 Å². The third-order valence-electron chi connectivity index (χ3n) is 7.68. The Morgan fingerprint density at radius 3 is 2.27 bits per heavy atom. The number of nitrogens with zero attached hydrogens (tertiary/aromatic N) is 4. The first-order chi connectivity index (χ1) is 17.7. The molecule has 8 nitrogen and oxygen atoms in total. The van der Waals surface area contributed by atoms with Gasteiger partial charge in [-0.05, 0) is 62.4 Å². The van der Waals surface area contributed by atoms with Gasteiger partial charge in [0.25, 0.3) is 0 Å². The van der Waals surface area contributed by atoms with Crippen molar-refractivity contribution < 1.29 is 18.0 Å². The first-order valence-electron chi connectivity index (χ1n) is 12.6. The van der Waals surface area contributed by atoms with Crippen molar-refractivity contribution in [1.29, 1.82) is 0 Å². The number of sulfonamides is 1. The average Bonchev–Trinajstić information content (AvgIpc) is 3.17. The van der Waals surface area contributed by atoms with Crippen LogP contribution in [-0.2, 0) is 19.6 Å². The topological polar surface area (TPSA) is 81.2 Å². The molecule has 5 rings (SSSR count). The van der Waals surface area contributed by atoms with Gasteiger partial charge in [0.05, 0.1) is 11.7 Å². The van der Waals surface area contributed by atoms with Crippen molar-refractivity contribution in [3.05, 3.63) is 58.6 Å².